The molecule has 0 radical (unpaired) electrons. The molecule has 0 aromatic rings. The fourth-order valence-corrected chi connectivity index (χ4v) is 7.66. The maximum Gasteiger partial charge on any atom is 0.0811 e. The zero-order valence-electron chi connectivity index (χ0n) is 23.7. The van der Waals surface area contributed by atoms with Gasteiger partial charge in [-0.05, 0) is 113 Å². The van der Waals surface area contributed by atoms with Crippen molar-refractivity contribution in [2.24, 2.45) is 23.2 Å². The zero-order chi connectivity index (χ0) is 26.7. The molecule has 4 N–H and O–H groups in total. The molecule has 3 aliphatic carbocycles. The Kier molecular flexibility index (Phi) is 9.74. The number of aliphatic hydroxyl groups is 4. The second-order valence-corrected chi connectivity index (χ2v) is 13.8. The molecule has 0 spiro atoms. The minimum Gasteiger partial charge on any atom is -0.393 e. The lowest BCUT2D eigenvalue weighted by Crippen LogP contribution is -2.37. The Morgan fingerprint density at radius 2 is 1.61 bits per heavy atom. The summed E-state index contributed by atoms with van der Waals surface area (Å²) in [6.45, 7) is 14.3. The highest BCUT2D eigenvalue weighted by molar-refractivity contribution is 5.38. The summed E-state index contributed by atoms with van der Waals surface area (Å²) in [4.78, 5) is 0. The average molecular weight is 503 g/mol. The quantitative estimate of drug-likeness (QED) is 0.270. The summed E-state index contributed by atoms with van der Waals surface area (Å²) in [5.74, 6) is 1.90. The molecule has 0 aliphatic heterocycles. The van der Waals surface area contributed by atoms with Crippen molar-refractivity contribution in [2.75, 3.05) is 0 Å². The molecule has 3 aliphatic rings. The van der Waals surface area contributed by atoms with Crippen LogP contribution in [-0.2, 0) is 0 Å². The van der Waals surface area contributed by atoms with Gasteiger partial charge in [-0.2, -0.15) is 0 Å². The van der Waals surface area contributed by atoms with Crippen LogP contribution in [0.4, 0.5) is 0 Å². The molecule has 0 bridgehead atoms. The minimum absolute atomic E-state index is 0.291. The van der Waals surface area contributed by atoms with Crippen LogP contribution in [-0.4, -0.2) is 43.8 Å². The van der Waals surface area contributed by atoms with Gasteiger partial charge in [0.05, 0.1) is 23.4 Å². The number of aliphatic hydroxyl groups excluding tert-OH is 2. The molecule has 3 fully saturated rings. The fourth-order valence-electron chi connectivity index (χ4n) is 7.66. The van der Waals surface area contributed by atoms with E-state index in [1.807, 2.05) is 27.7 Å². The van der Waals surface area contributed by atoms with Crippen LogP contribution in [0.5, 0.6) is 0 Å². The molecule has 0 saturated heterocycles. The Morgan fingerprint density at radius 3 is 2.19 bits per heavy atom. The molecule has 5 atom stereocenters. The number of fused-ring (bicyclic) bond motifs is 1. The average Bonchev–Trinajstić information content (AvgIpc) is 3.10. The van der Waals surface area contributed by atoms with Crippen molar-refractivity contribution in [2.45, 2.75) is 141 Å². The summed E-state index contributed by atoms with van der Waals surface area (Å²) < 4.78 is 0. The second kappa shape index (κ2) is 11.8. The predicted molar refractivity (Wildman–Crippen MR) is 149 cm³/mol. The van der Waals surface area contributed by atoms with Crippen LogP contribution in [0.3, 0.4) is 0 Å². The van der Waals surface area contributed by atoms with Crippen LogP contribution in [0.2, 0.25) is 0 Å². The fraction of sp³-hybridized carbons (Fsp3) is 0.812. The highest BCUT2D eigenvalue weighted by atomic mass is 16.3. The van der Waals surface area contributed by atoms with Gasteiger partial charge in [0.25, 0.3) is 0 Å². The zero-order valence-corrected chi connectivity index (χ0v) is 23.7. The normalized spacial score (nSPS) is 34.1. The van der Waals surface area contributed by atoms with Crippen LogP contribution < -0.4 is 0 Å². The van der Waals surface area contributed by atoms with Gasteiger partial charge in [0.2, 0.25) is 0 Å². The van der Waals surface area contributed by atoms with Crippen molar-refractivity contribution in [3.8, 4) is 0 Å². The van der Waals surface area contributed by atoms with Gasteiger partial charge in [-0.3, -0.25) is 0 Å². The molecule has 3 rings (SSSR count). The van der Waals surface area contributed by atoms with Crippen LogP contribution in [0.15, 0.2) is 35.5 Å². The minimum atomic E-state index is -0.639. The van der Waals surface area contributed by atoms with Crippen LogP contribution in [0, 0.1) is 23.2 Å². The van der Waals surface area contributed by atoms with Gasteiger partial charge >= 0.3 is 0 Å². The highest BCUT2D eigenvalue weighted by Crippen LogP contribution is 2.60. The van der Waals surface area contributed by atoms with Crippen molar-refractivity contribution in [1.29, 1.82) is 0 Å². The predicted octanol–water partition coefficient (Wildman–Crippen LogP) is 6.63. The third-order valence-corrected chi connectivity index (χ3v) is 9.60. The van der Waals surface area contributed by atoms with Gasteiger partial charge in [0, 0.05) is 6.42 Å². The van der Waals surface area contributed by atoms with Crippen LogP contribution in [0.25, 0.3) is 0 Å². The first-order valence-corrected chi connectivity index (χ1v) is 14.6. The second-order valence-electron chi connectivity index (χ2n) is 13.8. The summed E-state index contributed by atoms with van der Waals surface area (Å²) in [5, 5.41) is 40.9. The summed E-state index contributed by atoms with van der Waals surface area (Å²) >= 11 is 0. The van der Waals surface area contributed by atoms with Crippen molar-refractivity contribution in [1.82, 2.24) is 0 Å². The summed E-state index contributed by atoms with van der Waals surface area (Å²) in [6.07, 6.45) is 16.5. The largest absolute Gasteiger partial charge is 0.393 e. The van der Waals surface area contributed by atoms with Crippen molar-refractivity contribution < 1.29 is 20.4 Å². The van der Waals surface area contributed by atoms with Crippen LogP contribution >= 0.6 is 0 Å². The smallest absolute Gasteiger partial charge is 0.0811 e. The molecule has 0 aromatic carbocycles. The lowest BCUT2D eigenvalue weighted by Gasteiger charge is -2.45. The van der Waals surface area contributed by atoms with Gasteiger partial charge < -0.3 is 20.4 Å². The number of hydrogen-bond acceptors (Lipinski definition) is 4. The van der Waals surface area contributed by atoms with Gasteiger partial charge in [-0.15, -0.1) is 0 Å². The summed E-state index contributed by atoms with van der Waals surface area (Å²) in [6, 6.07) is 0. The standard InChI is InChI=1S/C32H54O4/c1-22-25(20-26(33)21-29(22)34)14-13-24-12-9-19-32(6)27(15-16-28(24)32)23(10-7-17-30(2,3)35)11-8-18-31(4,5)36/h13-14,23,26-29,33-36H,1,7-12,15-21H2,2-6H3/b24-13+,25-14-/t26-,27+,28-,29+,32+/m0/s1. The monoisotopic (exact) mass is 502 g/mol. The third kappa shape index (κ3) is 7.79. The summed E-state index contributed by atoms with van der Waals surface area (Å²) in [5.41, 5.74) is 2.36. The van der Waals surface area contributed by atoms with Gasteiger partial charge in [-0.25, -0.2) is 0 Å². The van der Waals surface area contributed by atoms with Gasteiger partial charge in [0.1, 0.15) is 0 Å². The molecule has 3 saturated carbocycles. The van der Waals surface area contributed by atoms with E-state index >= 15 is 0 Å². The van der Waals surface area contributed by atoms with E-state index in [9.17, 15) is 20.4 Å². The molecule has 4 nitrogen and oxygen atoms in total. The van der Waals surface area contributed by atoms with Crippen molar-refractivity contribution in [3.63, 3.8) is 0 Å². The molecular weight excluding hydrogens is 448 g/mol. The SMILES string of the molecule is C=C1/C(=C\C=C2/CCC[C@]3(C)[C@@H](C(CCCC(C)(C)O)CCCC(C)(C)O)CC[C@@H]23)C[C@H](O)C[C@H]1O. The van der Waals surface area contributed by atoms with E-state index in [-0.39, 0.29) is 0 Å². The maximum absolute atomic E-state index is 10.3. The van der Waals surface area contributed by atoms with Crippen molar-refractivity contribution in [3.05, 3.63) is 35.5 Å². The Labute approximate surface area is 220 Å². The van der Waals surface area contributed by atoms with E-state index in [0.29, 0.717) is 36.0 Å². The topological polar surface area (TPSA) is 80.9 Å². The molecular formula is C32H54O4. The molecule has 0 heterocycles. The first-order chi connectivity index (χ1) is 16.7. The molecule has 206 valence electrons. The Bertz CT molecular complexity index is 791. The van der Waals surface area contributed by atoms with Crippen molar-refractivity contribution >= 4 is 0 Å². The first-order valence-electron chi connectivity index (χ1n) is 14.6. The molecule has 0 aromatic heterocycles. The third-order valence-electron chi connectivity index (χ3n) is 9.60. The summed E-state index contributed by atoms with van der Waals surface area (Å²) in [7, 11) is 0. The van der Waals surface area contributed by atoms with E-state index < -0.39 is 23.4 Å². The van der Waals surface area contributed by atoms with Gasteiger partial charge in [0.15, 0.2) is 0 Å². The highest BCUT2D eigenvalue weighted by Gasteiger charge is 2.51. The van der Waals surface area contributed by atoms with E-state index in [4.69, 9.17) is 0 Å². The van der Waals surface area contributed by atoms with E-state index in [1.165, 1.54) is 31.3 Å². The van der Waals surface area contributed by atoms with E-state index in [2.05, 4.69) is 25.7 Å². The number of rotatable bonds is 10. The van der Waals surface area contributed by atoms with Gasteiger partial charge in [-0.1, -0.05) is 56.9 Å². The Morgan fingerprint density at radius 1 is 1.00 bits per heavy atom. The molecule has 36 heavy (non-hydrogen) atoms. The van der Waals surface area contributed by atoms with Crippen LogP contribution in [0.1, 0.15) is 118 Å². The van der Waals surface area contributed by atoms with E-state index in [1.54, 1.807) is 0 Å². The number of allylic oxidation sites excluding steroid dienone is 3. The first kappa shape index (κ1) is 29.6. The Balaban J connectivity index is 1.77. The van der Waals surface area contributed by atoms with E-state index in [0.717, 1.165) is 56.1 Å². The molecule has 0 unspecified atom stereocenters. The lowest BCUT2D eigenvalue weighted by molar-refractivity contribution is 0.0480. The number of hydrogen-bond donors (Lipinski definition) is 4. The molecule has 4 heteroatoms. The lowest BCUT2D eigenvalue weighted by atomic mass is 9.60. The Hall–Kier alpha value is -0.940. The molecule has 0 amide bonds. The maximum atomic E-state index is 10.3.